The number of halogens is 4. The van der Waals surface area contributed by atoms with Gasteiger partial charge in [-0.25, -0.2) is 0 Å². The van der Waals surface area contributed by atoms with Crippen LogP contribution in [0.2, 0.25) is 0 Å². The molecular formula is C9H5ClF3NO2S. The zero-order valence-electron chi connectivity index (χ0n) is 8.05. The van der Waals surface area contributed by atoms with Crippen molar-refractivity contribution in [2.75, 3.05) is 0 Å². The molecular weight excluding hydrogens is 279 g/mol. The number of hydrogen-bond acceptors (Lipinski definition) is 3. The summed E-state index contributed by atoms with van der Waals surface area (Å²) in [7, 11) is 0. The molecule has 0 fully saturated rings. The number of alkyl halides is 4. The van der Waals surface area contributed by atoms with E-state index in [1.165, 1.54) is 6.07 Å². The van der Waals surface area contributed by atoms with E-state index in [1.807, 2.05) is 0 Å². The molecule has 2 rings (SSSR count). The normalized spacial score (nSPS) is 23.6. The van der Waals surface area contributed by atoms with E-state index in [2.05, 4.69) is 0 Å². The summed E-state index contributed by atoms with van der Waals surface area (Å²) in [4.78, 5) is 22.7. The van der Waals surface area contributed by atoms with E-state index in [1.54, 1.807) is 10.7 Å². The molecule has 1 amide bonds. The van der Waals surface area contributed by atoms with Gasteiger partial charge >= 0.3 is 12.1 Å². The van der Waals surface area contributed by atoms with Crippen molar-refractivity contribution in [3.05, 3.63) is 21.9 Å². The maximum absolute atomic E-state index is 12.1. The highest BCUT2D eigenvalue weighted by molar-refractivity contribution is 7.12. The fraction of sp³-hybridized carbons (Fsp3) is 0.333. The van der Waals surface area contributed by atoms with Crippen molar-refractivity contribution in [3.63, 3.8) is 0 Å². The molecule has 1 aromatic rings. The highest BCUT2D eigenvalue weighted by Gasteiger charge is 2.45. The van der Waals surface area contributed by atoms with E-state index in [-0.39, 0.29) is 0 Å². The second-order valence-corrected chi connectivity index (χ2v) is 4.81. The lowest BCUT2D eigenvalue weighted by Crippen LogP contribution is -2.41. The lowest BCUT2D eigenvalue weighted by atomic mass is 10.1. The van der Waals surface area contributed by atoms with Crippen LogP contribution in [0.25, 0.3) is 0 Å². The van der Waals surface area contributed by atoms with E-state index in [4.69, 9.17) is 11.6 Å². The van der Waals surface area contributed by atoms with Crippen LogP contribution < -0.4 is 5.32 Å². The number of nitrogens with one attached hydrogen (secondary N) is 1. The van der Waals surface area contributed by atoms with Crippen molar-refractivity contribution >= 4 is 34.6 Å². The van der Waals surface area contributed by atoms with Gasteiger partial charge in [-0.05, 0) is 17.0 Å². The maximum Gasteiger partial charge on any atom is 0.471 e. The van der Waals surface area contributed by atoms with Gasteiger partial charge in [-0.1, -0.05) is 0 Å². The van der Waals surface area contributed by atoms with Crippen LogP contribution in [0.4, 0.5) is 13.2 Å². The Morgan fingerprint density at radius 3 is 2.71 bits per heavy atom. The second-order valence-electron chi connectivity index (χ2n) is 3.42. The highest BCUT2D eigenvalue weighted by atomic mass is 35.5. The number of carbonyl (C=O) groups is 2. The summed E-state index contributed by atoms with van der Waals surface area (Å²) in [5, 5.41) is 2.12. The zero-order valence-corrected chi connectivity index (χ0v) is 9.62. The van der Waals surface area contributed by atoms with Gasteiger partial charge in [0.15, 0.2) is 5.78 Å². The topological polar surface area (TPSA) is 46.2 Å². The van der Waals surface area contributed by atoms with Crippen LogP contribution in [0.1, 0.15) is 21.3 Å². The van der Waals surface area contributed by atoms with Gasteiger partial charge in [-0.15, -0.1) is 22.9 Å². The van der Waals surface area contributed by atoms with Crippen molar-refractivity contribution in [2.45, 2.75) is 17.6 Å². The first-order valence-electron chi connectivity index (χ1n) is 4.45. The Morgan fingerprint density at radius 2 is 2.12 bits per heavy atom. The Balaban J connectivity index is 2.24. The predicted octanol–water partition coefficient (Wildman–Crippen LogP) is 2.27. The summed E-state index contributed by atoms with van der Waals surface area (Å²) in [6.07, 6.45) is -4.99. The molecule has 0 aromatic carbocycles. The number of Topliss-reactive ketones (excluding diaryl/α,β-unsaturated/α-hetero) is 1. The molecule has 3 nitrogen and oxygen atoms in total. The summed E-state index contributed by atoms with van der Waals surface area (Å²) in [6, 6.07) is 0.376. The first kappa shape index (κ1) is 12.4. The number of hydrogen-bond donors (Lipinski definition) is 1. The standard InChI is InChI=1S/C9H5ClF3NO2S/c10-4-5(14-8(16)9(11,12)13)3-1-2-17-7(3)6(4)15/h1-2,4-5H,(H,14,16)/t4-,5-/m0/s1. The molecule has 0 bridgehead atoms. The largest absolute Gasteiger partial charge is 0.471 e. The van der Waals surface area contributed by atoms with Gasteiger partial charge in [0.25, 0.3) is 0 Å². The number of thiophene rings is 1. The molecule has 92 valence electrons. The molecule has 2 atom stereocenters. The molecule has 8 heteroatoms. The molecule has 0 unspecified atom stereocenters. The Morgan fingerprint density at radius 1 is 1.47 bits per heavy atom. The third-order valence-corrected chi connectivity index (χ3v) is 3.74. The molecule has 0 saturated carbocycles. The molecule has 1 aliphatic carbocycles. The number of ketones is 1. The van der Waals surface area contributed by atoms with Crippen LogP contribution in [0.15, 0.2) is 11.4 Å². The number of carbonyl (C=O) groups excluding carboxylic acids is 2. The Labute approximate surface area is 103 Å². The predicted molar refractivity (Wildman–Crippen MR) is 55.2 cm³/mol. The zero-order chi connectivity index (χ0) is 12.8. The highest BCUT2D eigenvalue weighted by Crippen LogP contribution is 2.38. The van der Waals surface area contributed by atoms with Crippen molar-refractivity contribution in [1.29, 1.82) is 0 Å². The lowest BCUT2D eigenvalue weighted by Gasteiger charge is -2.16. The molecule has 1 aromatic heterocycles. The van der Waals surface area contributed by atoms with Crippen molar-refractivity contribution < 1.29 is 22.8 Å². The van der Waals surface area contributed by atoms with E-state index in [0.29, 0.717) is 10.4 Å². The van der Waals surface area contributed by atoms with Crippen LogP contribution in [0.5, 0.6) is 0 Å². The average Bonchev–Trinajstić information content (AvgIpc) is 2.76. The summed E-state index contributed by atoms with van der Waals surface area (Å²) in [5.74, 6) is -2.55. The lowest BCUT2D eigenvalue weighted by molar-refractivity contribution is -0.174. The maximum atomic E-state index is 12.1. The van der Waals surface area contributed by atoms with Crippen LogP contribution >= 0.6 is 22.9 Å². The SMILES string of the molecule is O=C1c2sccc2[C@H](NC(=O)C(F)(F)F)[C@@H]1Cl. The van der Waals surface area contributed by atoms with Crippen molar-refractivity contribution in [3.8, 4) is 0 Å². The first-order chi connectivity index (χ1) is 7.82. The monoisotopic (exact) mass is 283 g/mol. The van der Waals surface area contributed by atoms with Crippen LogP contribution in [0, 0.1) is 0 Å². The summed E-state index contributed by atoms with van der Waals surface area (Å²) in [6.45, 7) is 0. The minimum Gasteiger partial charge on any atom is -0.339 e. The summed E-state index contributed by atoms with van der Waals surface area (Å²) >= 11 is 6.80. The summed E-state index contributed by atoms with van der Waals surface area (Å²) in [5.41, 5.74) is 0.345. The van der Waals surface area contributed by atoms with Crippen LogP contribution in [-0.4, -0.2) is 23.2 Å². The van der Waals surface area contributed by atoms with E-state index in [0.717, 1.165) is 11.3 Å². The molecule has 0 saturated heterocycles. The van der Waals surface area contributed by atoms with Gasteiger partial charge in [0.05, 0.1) is 10.9 Å². The first-order valence-corrected chi connectivity index (χ1v) is 5.77. The third kappa shape index (κ3) is 2.04. The quantitative estimate of drug-likeness (QED) is 0.804. The molecule has 0 spiro atoms. The number of fused-ring (bicyclic) bond motifs is 1. The molecule has 17 heavy (non-hydrogen) atoms. The van der Waals surface area contributed by atoms with Crippen molar-refractivity contribution in [2.24, 2.45) is 0 Å². The van der Waals surface area contributed by atoms with Gasteiger partial charge in [-0.3, -0.25) is 9.59 Å². The van der Waals surface area contributed by atoms with E-state index in [9.17, 15) is 22.8 Å². The van der Waals surface area contributed by atoms with Gasteiger partial charge in [0, 0.05) is 0 Å². The Hall–Kier alpha value is -1.08. The van der Waals surface area contributed by atoms with Crippen molar-refractivity contribution in [1.82, 2.24) is 5.32 Å². The third-order valence-electron chi connectivity index (χ3n) is 2.34. The molecule has 1 N–H and O–H groups in total. The minimum atomic E-state index is -4.99. The van der Waals surface area contributed by atoms with Gasteiger partial charge in [0.1, 0.15) is 5.38 Å². The number of rotatable bonds is 1. The second kappa shape index (κ2) is 3.99. The molecule has 1 heterocycles. The van der Waals surface area contributed by atoms with Gasteiger partial charge in [0.2, 0.25) is 0 Å². The molecule has 1 aliphatic rings. The van der Waals surface area contributed by atoms with Crippen LogP contribution in [0.3, 0.4) is 0 Å². The minimum absolute atomic E-state index is 0.303. The fourth-order valence-electron chi connectivity index (χ4n) is 1.57. The van der Waals surface area contributed by atoms with Gasteiger partial charge in [-0.2, -0.15) is 13.2 Å². The smallest absolute Gasteiger partial charge is 0.339 e. The van der Waals surface area contributed by atoms with E-state index >= 15 is 0 Å². The average molecular weight is 284 g/mol. The Kier molecular flexibility index (Phi) is 2.90. The fourth-order valence-corrected chi connectivity index (χ4v) is 2.87. The van der Waals surface area contributed by atoms with E-state index < -0.39 is 29.3 Å². The van der Waals surface area contributed by atoms with Crippen LogP contribution in [-0.2, 0) is 4.79 Å². The molecule has 0 aliphatic heterocycles. The Bertz CT molecular complexity index is 485. The van der Waals surface area contributed by atoms with Gasteiger partial charge < -0.3 is 5.32 Å². The number of amides is 1. The summed E-state index contributed by atoms with van der Waals surface area (Å²) < 4.78 is 36.3. The molecule has 0 radical (unpaired) electrons.